The summed E-state index contributed by atoms with van der Waals surface area (Å²) in [4.78, 5) is 35.3. The van der Waals surface area contributed by atoms with Gasteiger partial charge >= 0.3 is 17.9 Å². The van der Waals surface area contributed by atoms with E-state index in [0.29, 0.717) is 12.8 Å². The lowest BCUT2D eigenvalue weighted by molar-refractivity contribution is -0.170. The highest BCUT2D eigenvalue weighted by atomic mass is 16.6. The second-order valence-corrected chi connectivity index (χ2v) is 6.98. The number of carbonyl (C=O) groups is 3. The van der Waals surface area contributed by atoms with Gasteiger partial charge in [0.05, 0.1) is 24.5 Å². The first-order valence-electron chi connectivity index (χ1n) is 9.50. The van der Waals surface area contributed by atoms with Crippen molar-refractivity contribution in [2.24, 2.45) is 11.8 Å². The molecule has 1 N–H and O–H groups in total. The first-order chi connectivity index (χ1) is 13.0. The predicted octanol–water partition coefficient (Wildman–Crippen LogP) is 2.64. The maximum atomic E-state index is 12.6. The Bertz CT molecular complexity index is 563. The van der Waals surface area contributed by atoms with Crippen molar-refractivity contribution in [3.63, 3.8) is 0 Å². The van der Waals surface area contributed by atoms with Gasteiger partial charge in [-0.2, -0.15) is 0 Å². The van der Waals surface area contributed by atoms with Crippen LogP contribution in [0.4, 0.5) is 0 Å². The molecule has 7 nitrogen and oxygen atoms in total. The fourth-order valence-electron chi connectivity index (χ4n) is 3.42. The molecule has 0 amide bonds. The molecular weight excluding hydrogens is 352 g/mol. The summed E-state index contributed by atoms with van der Waals surface area (Å²) in [6.45, 7) is 3.30. The number of carboxylic acids is 1. The summed E-state index contributed by atoms with van der Waals surface area (Å²) in [5, 5.41) is 9.33. The molecule has 0 spiro atoms. The van der Waals surface area contributed by atoms with Crippen molar-refractivity contribution in [1.82, 2.24) is 0 Å². The lowest BCUT2D eigenvalue weighted by Gasteiger charge is -2.28. The van der Waals surface area contributed by atoms with Crippen molar-refractivity contribution in [3.05, 3.63) is 24.8 Å². The molecule has 3 atom stereocenters. The zero-order chi connectivity index (χ0) is 19.6. The van der Waals surface area contributed by atoms with Crippen LogP contribution in [0.1, 0.15) is 44.9 Å². The Labute approximate surface area is 159 Å². The molecule has 0 aliphatic heterocycles. The molecule has 1 saturated carbocycles. The second-order valence-electron chi connectivity index (χ2n) is 6.98. The minimum atomic E-state index is -1.02. The fourth-order valence-corrected chi connectivity index (χ4v) is 3.42. The molecule has 0 aromatic carbocycles. The van der Waals surface area contributed by atoms with Crippen LogP contribution in [0.2, 0.25) is 0 Å². The highest BCUT2D eigenvalue weighted by molar-refractivity contribution is 5.82. The van der Waals surface area contributed by atoms with Crippen molar-refractivity contribution in [2.75, 3.05) is 13.2 Å². The second kappa shape index (κ2) is 10.9. The normalized spacial score (nSPS) is 24.0. The Kier molecular flexibility index (Phi) is 8.51. The molecule has 7 heteroatoms. The number of hydrogen-bond donors (Lipinski definition) is 1. The van der Waals surface area contributed by atoms with Crippen LogP contribution in [0.15, 0.2) is 24.8 Å². The first kappa shape index (κ1) is 21.2. The molecule has 2 aliphatic carbocycles. The van der Waals surface area contributed by atoms with Gasteiger partial charge < -0.3 is 19.3 Å². The SMILES string of the molecule is C=CC(=O)OCC(COC1CCCCC1)OC(=O)C1CC=CCC1C(=O)O. The van der Waals surface area contributed by atoms with Gasteiger partial charge in [-0.3, -0.25) is 9.59 Å². The van der Waals surface area contributed by atoms with Crippen LogP contribution in [0.3, 0.4) is 0 Å². The van der Waals surface area contributed by atoms with E-state index in [-0.39, 0.29) is 19.3 Å². The monoisotopic (exact) mass is 380 g/mol. The summed E-state index contributed by atoms with van der Waals surface area (Å²) in [6.07, 6.45) is 9.86. The van der Waals surface area contributed by atoms with E-state index in [2.05, 4.69) is 6.58 Å². The summed E-state index contributed by atoms with van der Waals surface area (Å²) in [5.41, 5.74) is 0. The van der Waals surface area contributed by atoms with Crippen LogP contribution in [0.25, 0.3) is 0 Å². The highest BCUT2D eigenvalue weighted by Gasteiger charge is 2.36. The number of esters is 2. The lowest BCUT2D eigenvalue weighted by Crippen LogP contribution is -2.38. The Morgan fingerprint density at radius 1 is 1.07 bits per heavy atom. The Hall–Kier alpha value is -2.15. The molecule has 3 unspecified atom stereocenters. The minimum absolute atomic E-state index is 0.111. The molecule has 0 aromatic rings. The number of aliphatic carboxylic acids is 1. The standard InChI is InChI=1S/C20H28O7/c1-2-18(21)26-13-15(12-25-14-8-4-3-5-9-14)27-20(24)17-11-7-6-10-16(17)19(22)23/h2,6-7,14-17H,1,3-5,8-13H2,(H,22,23). The quantitative estimate of drug-likeness (QED) is 0.373. The van der Waals surface area contributed by atoms with E-state index in [1.54, 1.807) is 12.2 Å². The number of hydrogen-bond acceptors (Lipinski definition) is 6. The number of ether oxygens (including phenoxy) is 3. The zero-order valence-corrected chi connectivity index (χ0v) is 15.5. The van der Waals surface area contributed by atoms with E-state index >= 15 is 0 Å². The zero-order valence-electron chi connectivity index (χ0n) is 15.5. The first-order valence-corrected chi connectivity index (χ1v) is 9.50. The van der Waals surface area contributed by atoms with Gasteiger partial charge in [0.25, 0.3) is 0 Å². The molecule has 2 rings (SSSR count). The third kappa shape index (κ3) is 6.82. The van der Waals surface area contributed by atoms with Crippen molar-refractivity contribution in [2.45, 2.75) is 57.2 Å². The van der Waals surface area contributed by atoms with Crippen molar-refractivity contribution < 1.29 is 33.7 Å². The number of carboxylic acid groups (broad SMARTS) is 1. The van der Waals surface area contributed by atoms with Gasteiger partial charge in [0.15, 0.2) is 6.10 Å². The smallest absolute Gasteiger partial charge is 0.330 e. The average molecular weight is 380 g/mol. The van der Waals surface area contributed by atoms with E-state index in [9.17, 15) is 19.5 Å². The van der Waals surface area contributed by atoms with Crippen LogP contribution < -0.4 is 0 Å². The summed E-state index contributed by atoms with van der Waals surface area (Å²) < 4.78 is 16.3. The molecular formula is C20H28O7. The highest BCUT2D eigenvalue weighted by Crippen LogP contribution is 2.28. The van der Waals surface area contributed by atoms with Crippen LogP contribution in [-0.4, -0.2) is 48.4 Å². The van der Waals surface area contributed by atoms with Crippen molar-refractivity contribution >= 4 is 17.9 Å². The van der Waals surface area contributed by atoms with Gasteiger partial charge in [0.1, 0.15) is 6.61 Å². The summed E-state index contributed by atoms with van der Waals surface area (Å²) >= 11 is 0. The Morgan fingerprint density at radius 2 is 1.74 bits per heavy atom. The summed E-state index contributed by atoms with van der Waals surface area (Å²) in [5.74, 6) is -3.79. The molecule has 0 saturated heterocycles. The molecule has 0 aromatic heterocycles. The van der Waals surface area contributed by atoms with Crippen molar-refractivity contribution in [1.29, 1.82) is 0 Å². The van der Waals surface area contributed by atoms with Crippen molar-refractivity contribution in [3.8, 4) is 0 Å². The van der Waals surface area contributed by atoms with Crippen LogP contribution in [0.5, 0.6) is 0 Å². The van der Waals surface area contributed by atoms with Gasteiger partial charge in [-0.05, 0) is 25.7 Å². The Morgan fingerprint density at radius 3 is 2.37 bits per heavy atom. The minimum Gasteiger partial charge on any atom is -0.481 e. The van der Waals surface area contributed by atoms with Gasteiger partial charge in [-0.15, -0.1) is 0 Å². The van der Waals surface area contributed by atoms with E-state index in [1.165, 1.54) is 6.42 Å². The van der Waals surface area contributed by atoms with E-state index in [0.717, 1.165) is 31.8 Å². The fraction of sp³-hybridized carbons (Fsp3) is 0.650. The third-order valence-electron chi connectivity index (χ3n) is 4.98. The molecule has 1 fully saturated rings. The van der Waals surface area contributed by atoms with E-state index < -0.39 is 35.8 Å². The van der Waals surface area contributed by atoms with Gasteiger partial charge in [-0.25, -0.2) is 4.79 Å². The molecule has 0 heterocycles. The molecule has 27 heavy (non-hydrogen) atoms. The van der Waals surface area contributed by atoms with Crippen LogP contribution >= 0.6 is 0 Å². The van der Waals surface area contributed by atoms with E-state index in [1.807, 2.05) is 0 Å². The van der Waals surface area contributed by atoms with Gasteiger partial charge in [-0.1, -0.05) is 38.0 Å². The number of rotatable bonds is 9. The van der Waals surface area contributed by atoms with Gasteiger partial charge in [0, 0.05) is 6.08 Å². The molecule has 0 bridgehead atoms. The largest absolute Gasteiger partial charge is 0.481 e. The van der Waals surface area contributed by atoms with Crippen LogP contribution in [-0.2, 0) is 28.6 Å². The maximum absolute atomic E-state index is 12.6. The van der Waals surface area contributed by atoms with E-state index in [4.69, 9.17) is 14.2 Å². The summed E-state index contributed by atoms with van der Waals surface area (Å²) in [6, 6.07) is 0. The van der Waals surface area contributed by atoms with Gasteiger partial charge in [0.2, 0.25) is 0 Å². The third-order valence-corrected chi connectivity index (χ3v) is 4.98. The molecule has 2 aliphatic rings. The predicted molar refractivity (Wildman–Crippen MR) is 96.9 cm³/mol. The maximum Gasteiger partial charge on any atom is 0.330 e. The Balaban J connectivity index is 1.94. The average Bonchev–Trinajstić information content (AvgIpc) is 2.70. The summed E-state index contributed by atoms with van der Waals surface area (Å²) in [7, 11) is 0. The number of carbonyl (C=O) groups excluding carboxylic acids is 2. The topological polar surface area (TPSA) is 99.1 Å². The molecule has 0 radical (unpaired) electrons. The molecule has 150 valence electrons. The number of allylic oxidation sites excluding steroid dienone is 2. The van der Waals surface area contributed by atoms with Crippen LogP contribution in [0, 0.1) is 11.8 Å². The lowest BCUT2D eigenvalue weighted by atomic mass is 9.83.